The number of hydrogen-bond acceptors (Lipinski definition) is 3. The number of hydrogen-bond donors (Lipinski definition) is 4. The number of nitrogens with one attached hydrogen (secondary N) is 4. The summed E-state index contributed by atoms with van der Waals surface area (Å²) in [5, 5.41) is 12.1. The van der Waals surface area contributed by atoms with Crippen LogP contribution in [0.2, 0.25) is 0 Å². The summed E-state index contributed by atoms with van der Waals surface area (Å²) in [7, 11) is 0. The molecule has 1 aliphatic heterocycles. The molecule has 1 aliphatic carbocycles. The predicted octanol–water partition coefficient (Wildman–Crippen LogP) is 4.07. The average Bonchev–Trinajstić information content (AvgIpc) is 3.39. The molecule has 1 saturated carbocycles. The number of rotatable bonds is 5. The number of halogens is 1. The highest BCUT2D eigenvalue weighted by atomic mass is 35.5. The number of benzene rings is 2. The minimum Gasteiger partial charge on any atom is -0.352 e. The van der Waals surface area contributed by atoms with Gasteiger partial charge in [0.25, 0.3) is 0 Å². The van der Waals surface area contributed by atoms with Crippen molar-refractivity contribution in [2.45, 2.75) is 32.7 Å². The van der Waals surface area contributed by atoms with E-state index in [4.69, 9.17) is 0 Å². The fourth-order valence-electron chi connectivity index (χ4n) is 4.28. The number of piperidine rings is 1. The number of urea groups is 1. The van der Waals surface area contributed by atoms with E-state index in [1.165, 1.54) is 0 Å². The van der Waals surface area contributed by atoms with Crippen molar-refractivity contribution in [2.24, 2.45) is 11.3 Å². The maximum absolute atomic E-state index is 12.5. The summed E-state index contributed by atoms with van der Waals surface area (Å²) in [6, 6.07) is 14.9. The van der Waals surface area contributed by atoms with Crippen molar-refractivity contribution in [2.75, 3.05) is 23.7 Å². The molecule has 0 bridgehead atoms. The Hall–Kier alpha value is -2.57. The highest BCUT2D eigenvalue weighted by Crippen LogP contribution is 2.58. The first-order valence-electron chi connectivity index (χ1n) is 10.3. The van der Waals surface area contributed by atoms with Crippen LogP contribution in [0.1, 0.15) is 30.4 Å². The normalized spacial score (nSPS) is 18.8. The Morgan fingerprint density at radius 2 is 1.70 bits per heavy atom. The van der Waals surface area contributed by atoms with Gasteiger partial charge >= 0.3 is 6.03 Å². The standard InChI is InChI=1S/C23H28N4O2.ClH/c1-16-4-2-6-18(12-16)26-22(29)27-19-7-3-5-17(13-19)15-25-21(28)20-14-23(20)8-10-24-11-9-23;/h2-7,12-13,20,24H,8-11,14-15H2,1H3,(H,25,28)(H2,26,27,29);1H. The molecular formula is C23H29ClN4O2. The van der Waals surface area contributed by atoms with Crippen LogP contribution in [-0.4, -0.2) is 25.0 Å². The van der Waals surface area contributed by atoms with E-state index in [-0.39, 0.29) is 35.7 Å². The van der Waals surface area contributed by atoms with E-state index in [0.717, 1.165) is 49.2 Å². The quantitative estimate of drug-likeness (QED) is 0.579. The van der Waals surface area contributed by atoms with Crippen LogP contribution in [0.5, 0.6) is 0 Å². The van der Waals surface area contributed by atoms with Gasteiger partial charge in [-0.1, -0.05) is 24.3 Å². The molecule has 160 valence electrons. The monoisotopic (exact) mass is 428 g/mol. The van der Waals surface area contributed by atoms with E-state index in [0.29, 0.717) is 12.2 Å². The predicted molar refractivity (Wildman–Crippen MR) is 122 cm³/mol. The van der Waals surface area contributed by atoms with Gasteiger partial charge < -0.3 is 21.3 Å². The topological polar surface area (TPSA) is 82.3 Å². The van der Waals surface area contributed by atoms with Gasteiger partial charge in [0.05, 0.1) is 0 Å². The van der Waals surface area contributed by atoms with E-state index >= 15 is 0 Å². The lowest BCUT2D eigenvalue weighted by Crippen LogP contribution is -2.33. The summed E-state index contributed by atoms with van der Waals surface area (Å²) < 4.78 is 0. The third kappa shape index (κ3) is 5.32. The molecule has 0 aromatic heterocycles. The van der Waals surface area contributed by atoms with Crippen molar-refractivity contribution < 1.29 is 9.59 Å². The number of aryl methyl sites for hydroxylation is 1. The van der Waals surface area contributed by atoms with Crippen molar-refractivity contribution in [1.82, 2.24) is 10.6 Å². The van der Waals surface area contributed by atoms with Gasteiger partial charge in [-0.05, 0) is 80.1 Å². The van der Waals surface area contributed by atoms with Crippen LogP contribution in [-0.2, 0) is 11.3 Å². The van der Waals surface area contributed by atoms with Crippen molar-refractivity contribution in [1.29, 1.82) is 0 Å². The largest absolute Gasteiger partial charge is 0.352 e. The summed E-state index contributed by atoms with van der Waals surface area (Å²) in [5.41, 5.74) is 3.74. The van der Waals surface area contributed by atoms with Gasteiger partial charge in [-0.25, -0.2) is 4.79 Å². The lowest BCUT2D eigenvalue weighted by atomic mass is 9.92. The highest BCUT2D eigenvalue weighted by molar-refractivity contribution is 5.99. The van der Waals surface area contributed by atoms with Crippen LogP contribution in [0.4, 0.5) is 16.2 Å². The molecule has 1 saturated heterocycles. The first-order valence-corrected chi connectivity index (χ1v) is 10.3. The van der Waals surface area contributed by atoms with Crippen LogP contribution in [0.25, 0.3) is 0 Å². The molecular weight excluding hydrogens is 400 g/mol. The molecule has 7 heteroatoms. The van der Waals surface area contributed by atoms with Gasteiger partial charge in [0.2, 0.25) is 5.91 Å². The summed E-state index contributed by atoms with van der Waals surface area (Å²) in [6.45, 7) is 4.48. The van der Waals surface area contributed by atoms with E-state index in [1.807, 2.05) is 55.5 Å². The van der Waals surface area contributed by atoms with Crippen molar-refractivity contribution in [3.05, 3.63) is 59.7 Å². The zero-order valence-corrected chi connectivity index (χ0v) is 18.0. The van der Waals surface area contributed by atoms with Crippen molar-refractivity contribution in [3.63, 3.8) is 0 Å². The first kappa shape index (κ1) is 22.1. The molecule has 6 nitrogen and oxygen atoms in total. The second kappa shape index (κ2) is 9.49. The third-order valence-corrected chi connectivity index (χ3v) is 6.03. The molecule has 2 aromatic rings. The van der Waals surface area contributed by atoms with Gasteiger partial charge in [0.1, 0.15) is 0 Å². The van der Waals surface area contributed by atoms with Crippen LogP contribution in [0, 0.1) is 18.3 Å². The zero-order chi connectivity index (χ0) is 20.3. The van der Waals surface area contributed by atoms with Crippen LogP contribution < -0.4 is 21.3 Å². The molecule has 30 heavy (non-hydrogen) atoms. The lowest BCUT2D eigenvalue weighted by Gasteiger charge is -2.23. The van der Waals surface area contributed by atoms with Crippen molar-refractivity contribution in [3.8, 4) is 0 Å². The summed E-state index contributed by atoms with van der Waals surface area (Å²) in [5.74, 6) is 0.313. The molecule has 2 aromatic carbocycles. The van der Waals surface area contributed by atoms with Gasteiger partial charge in [-0.3, -0.25) is 4.79 Å². The van der Waals surface area contributed by atoms with E-state index < -0.39 is 0 Å². The summed E-state index contributed by atoms with van der Waals surface area (Å²) in [6.07, 6.45) is 3.21. The van der Waals surface area contributed by atoms with Crippen LogP contribution in [0.15, 0.2) is 48.5 Å². The average molecular weight is 429 g/mol. The molecule has 1 spiro atoms. The lowest BCUT2D eigenvalue weighted by molar-refractivity contribution is -0.123. The van der Waals surface area contributed by atoms with E-state index in [1.54, 1.807) is 0 Å². The number of anilines is 2. The smallest absolute Gasteiger partial charge is 0.323 e. The summed E-state index contributed by atoms with van der Waals surface area (Å²) in [4.78, 5) is 24.8. The molecule has 3 amide bonds. The molecule has 1 unspecified atom stereocenters. The fraction of sp³-hybridized carbons (Fsp3) is 0.391. The minimum atomic E-state index is -0.289. The van der Waals surface area contributed by atoms with Crippen LogP contribution in [0.3, 0.4) is 0 Å². The Bertz CT molecular complexity index is 912. The molecule has 2 aliphatic rings. The molecule has 1 atom stereocenters. The van der Waals surface area contributed by atoms with Gasteiger partial charge in [0, 0.05) is 23.8 Å². The molecule has 4 N–H and O–H groups in total. The molecule has 2 fully saturated rings. The minimum absolute atomic E-state index is 0. The highest BCUT2D eigenvalue weighted by Gasteiger charge is 2.57. The van der Waals surface area contributed by atoms with Gasteiger partial charge in [0.15, 0.2) is 0 Å². The third-order valence-electron chi connectivity index (χ3n) is 6.03. The fourth-order valence-corrected chi connectivity index (χ4v) is 4.28. The Labute approximate surface area is 183 Å². The Morgan fingerprint density at radius 1 is 1.03 bits per heavy atom. The Kier molecular flexibility index (Phi) is 7.00. The first-order chi connectivity index (χ1) is 14.0. The molecule has 4 rings (SSSR count). The Balaban J connectivity index is 0.00000256. The molecule has 0 radical (unpaired) electrons. The number of carbonyl (C=O) groups is 2. The van der Waals surface area contributed by atoms with Crippen LogP contribution >= 0.6 is 12.4 Å². The number of carbonyl (C=O) groups excluding carboxylic acids is 2. The number of amides is 3. The van der Waals surface area contributed by atoms with E-state index in [9.17, 15) is 9.59 Å². The second-order valence-corrected chi connectivity index (χ2v) is 8.24. The zero-order valence-electron chi connectivity index (χ0n) is 17.2. The molecule has 1 heterocycles. The van der Waals surface area contributed by atoms with Crippen molar-refractivity contribution >= 4 is 35.7 Å². The Morgan fingerprint density at radius 3 is 2.40 bits per heavy atom. The SMILES string of the molecule is Cc1cccc(NC(=O)Nc2cccc(CNC(=O)C3CC34CCNCC4)c2)c1.Cl. The van der Waals surface area contributed by atoms with Gasteiger partial charge in [-0.2, -0.15) is 0 Å². The summed E-state index contributed by atoms with van der Waals surface area (Å²) >= 11 is 0. The van der Waals surface area contributed by atoms with E-state index in [2.05, 4.69) is 21.3 Å². The second-order valence-electron chi connectivity index (χ2n) is 8.24. The van der Waals surface area contributed by atoms with Gasteiger partial charge in [-0.15, -0.1) is 12.4 Å². The maximum Gasteiger partial charge on any atom is 0.323 e. The maximum atomic E-state index is 12.5.